The summed E-state index contributed by atoms with van der Waals surface area (Å²) in [4.78, 5) is 23.9. The predicted octanol–water partition coefficient (Wildman–Crippen LogP) is 3.58. The molecule has 0 fully saturated rings. The molecular formula is C20H24N2O3. The molecule has 0 heterocycles. The Labute approximate surface area is 148 Å². The van der Waals surface area contributed by atoms with Crippen LogP contribution in [0.2, 0.25) is 0 Å². The number of carbonyl (C=O) groups excluding carboxylic acids is 2. The first-order chi connectivity index (χ1) is 12.0. The van der Waals surface area contributed by atoms with Gasteiger partial charge in [-0.2, -0.15) is 0 Å². The van der Waals surface area contributed by atoms with E-state index in [1.165, 1.54) is 5.56 Å². The van der Waals surface area contributed by atoms with Gasteiger partial charge in [0.2, 0.25) is 0 Å². The fourth-order valence-corrected chi connectivity index (χ4v) is 2.39. The maximum atomic E-state index is 12.1. The maximum Gasteiger partial charge on any atom is 0.262 e. The number of para-hydroxylation sites is 1. The topological polar surface area (TPSA) is 67.4 Å². The van der Waals surface area contributed by atoms with E-state index in [1.54, 1.807) is 31.3 Å². The third-order valence-corrected chi connectivity index (χ3v) is 4.09. The molecule has 25 heavy (non-hydrogen) atoms. The van der Waals surface area contributed by atoms with E-state index in [1.807, 2.05) is 24.3 Å². The van der Waals surface area contributed by atoms with Crippen molar-refractivity contribution in [3.05, 3.63) is 59.7 Å². The second kappa shape index (κ2) is 8.87. The minimum Gasteiger partial charge on any atom is -0.483 e. The number of ether oxygens (including phenoxy) is 1. The van der Waals surface area contributed by atoms with Crippen LogP contribution in [0.25, 0.3) is 0 Å². The highest BCUT2D eigenvalue weighted by molar-refractivity contribution is 5.97. The second-order valence-corrected chi connectivity index (χ2v) is 5.84. The van der Waals surface area contributed by atoms with Crippen molar-refractivity contribution >= 4 is 17.5 Å². The monoisotopic (exact) mass is 340 g/mol. The fraction of sp³-hybridized carbons (Fsp3) is 0.300. The number of rotatable bonds is 7. The van der Waals surface area contributed by atoms with Crippen LogP contribution < -0.4 is 15.4 Å². The molecule has 1 unspecified atom stereocenters. The van der Waals surface area contributed by atoms with Crippen LogP contribution in [0, 0.1) is 0 Å². The molecule has 0 saturated heterocycles. The zero-order chi connectivity index (χ0) is 18.2. The number of hydrogen-bond donors (Lipinski definition) is 2. The Bertz CT molecular complexity index is 726. The van der Waals surface area contributed by atoms with E-state index in [0.717, 1.165) is 12.1 Å². The molecule has 2 amide bonds. The summed E-state index contributed by atoms with van der Waals surface area (Å²) < 4.78 is 5.50. The molecule has 0 bridgehead atoms. The summed E-state index contributed by atoms with van der Waals surface area (Å²) in [6, 6.07) is 14.6. The predicted molar refractivity (Wildman–Crippen MR) is 99.1 cm³/mol. The molecule has 2 aromatic rings. The molecule has 5 heteroatoms. The van der Waals surface area contributed by atoms with Crippen molar-refractivity contribution in [2.75, 3.05) is 19.0 Å². The number of carbonyl (C=O) groups is 2. The summed E-state index contributed by atoms with van der Waals surface area (Å²) in [5.74, 6) is 0.345. The van der Waals surface area contributed by atoms with Crippen molar-refractivity contribution in [2.45, 2.75) is 26.2 Å². The normalized spacial score (nSPS) is 11.5. The SMILES string of the molecule is CCC(C)c1ccc(NC(=O)COc2ccccc2C(=O)NC)cc1. The third-order valence-electron chi connectivity index (χ3n) is 4.09. The smallest absolute Gasteiger partial charge is 0.262 e. The van der Waals surface area contributed by atoms with Gasteiger partial charge in [-0.25, -0.2) is 0 Å². The van der Waals surface area contributed by atoms with Crippen molar-refractivity contribution in [3.63, 3.8) is 0 Å². The molecule has 2 rings (SSSR count). The Kier molecular flexibility index (Phi) is 6.57. The lowest BCUT2D eigenvalue weighted by molar-refractivity contribution is -0.118. The molecule has 0 aromatic heterocycles. The Morgan fingerprint density at radius 2 is 1.76 bits per heavy atom. The summed E-state index contributed by atoms with van der Waals surface area (Å²) in [6.45, 7) is 4.15. The molecule has 0 aliphatic carbocycles. The van der Waals surface area contributed by atoms with Gasteiger partial charge < -0.3 is 15.4 Å². The van der Waals surface area contributed by atoms with Gasteiger partial charge in [-0.3, -0.25) is 9.59 Å². The molecule has 0 aliphatic heterocycles. The molecule has 5 nitrogen and oxygen atoms in total. The highest BCUT2D eigenvalue weighted by Crippen LogP contribution is 2.21. The summed E-state index contributed by atoms with van der Waals surface area (Å²) in [6.07, 6.45) is 1.07. The van der Waals surface area contributed by atoms with Gasteiger partial charge in [-0.1, -0.05) is 38.1 Å². The molecule has 132 valence electrons. The van der Waals surface area contributed by atoms with Gasteiger partial charge in [0.1, 0.15) is 5.75 Å². The Hall–Kier alpha value is -2.82. The molecule has 0 radical (unpaired) electrons. The maximum absolute atomic E-state index is 12.1. The van der Waals surface area contributed by atoms with Crippen LogP contribution in [0.4, 0.5) is 5.69 Å². The summed E-state index contributed by atoms with van der Waals surface area (Å²) >= 11 is 0. The summed E-state index contributed by atoms with van der Waals surface area (Å²) in [5, 5.41) is 5.34. The fourth-order valence-electron chi connectivity index (χ4n) is 2.39. The quantitative estimate of drug-likeness (QED) is 0.809. The van der Waals surface area contributed by atoms with Crippen molar-refractivity contribution < 1.29 is 14.3 Å². The van der Waals surface area contributed by atoms with E-state index >= 15 is 0 Å². The molecular weight excluding hydrogens is 316 g/mol. The lowest BCUT2D eigenvalue weighted by Gasteiger charge is -2.12. The van der Waals surface area contributed by atoms with Crippen LogP contribution in [0.15, 0.2) is 48.5 Å². The molecule has 1 atom stereocenters. The van der Waals surface area contributed by atoms with E-state index in [0.29, 0.717) is 17.2 Å². The van der Waals surface area contributed by atoms with Crippen molar-refractivity contribution in [1.29, 1.82) is 0 Å². The highest BCUT2D eigenvalue weighted by atomic mass is 16.5. The second-order valence-electron chi connectivity index (χ2n) is 5.84. The average molecular weight is 340 g/mol. The molecule has 2 aromatic carbocycles. The number of anilines is 1. The Balaban J connectivity index is 1.94. The number of hydrogen-bond acceptors (Lipinski definition) is 3. The van der Waals surface area contributed by atoms with Crippen LogP contribution in [-0.4, -0.2) is 25.5 Å². The van der Waals surface area contributed by atoms with Gasteiger partial charge in [-0.05, 0) is 42.2 Å². The van der Waals surface area contributed by atoms with E-state index < -0.39 is 0 Å². The van der Waals surface area contributed by atoms with Crippen molar-refractivity contribution in [1.82, 2.24) is 5.32 Å². The lowest BCUT2D eigenvalue weighted by Crippen LogP contribution is -2.22. The summed E-state index contributed by atoms with van der Waals surface area (Å²) in [7, 11) is 1.55. The summed E-state index contributed by atoms with van der Waals surface area (Å²) in [5.41, 5.74) is 2.37. The van der Waals surface area contributed by atoms with Crippen LogP contribution >= 0.6 is 0 Å². The van der Waals surface area contributed by atoms with Crippen molar-refractivity contribution in [2.24, 2.45) is 0 Å². The van der Waals surface area contributed by atoms with E-state index in [-0.39, 0.29) is 18.4 Å². The third kappa shape index (κ3) is 5.08. The van der Waals surface area contributed by atoms with E-state index in [4.69, 9.17) is 4.74 Å². The first-order valence-electron chi connectivity index (χ1n) is 8.38. The van der Waals surface area contributed by atoms with Crippen LogP contribution in [0.3, 0.4) is 0 Å². The van der Waals surface area contributed by atoms with E-state index in [9.17, 15) is 9.59 Å². The van der Waals surface area contributed by atoms with Gasteiger partial charge in [0, 0.05) is 12.7 Å². The number of amides is 2. The Morgan fingerprint density at radius 1 is 1.08 bits per heavy atom. The number of benzene rings is 2. The van der Waals surface area contributed by atoms with E-state index in [2.05, 4.69) is 24.5 Å². The standard InChI is InChI=1S/C20H24N2O3/c1-4-14(2)15-9-11-16(12-10-15)22-19(23)13-25-18-8-6-5-7-17(18)20(24)21-3/h5-12,14H,4,13H2,1-3H3,(H,21,24)(H,22,23). The largest absolute Gasteiger partial charge is 0.483 e. The molecule has 2 N–H and O–H groups in total. The zero-order valence-electron chi connectivity index (χ0n) is 14.8. The van der Waals surface area contributed by atoms with Crippen LogP contribution in [-0.2, 0) is 4.79 Å². The Morgan fingerprint density at radius 3 is 2.40 bits per heavy atom. The van der Waals surface area contributed by atoms with Gasteiger partial charge in [0.05, 0.1) is 5.56 Å². The van der Waals surface area contributed by atoms with Crippen LogP contribution in [0.1, 0.15) is 42.1 Å². The molecule has 0 saturated carbocycles. The first kappa shape index (κ1) is 18.5. The first-order valence-corrected chi connectivity index (χ1v) is 8.38. The highest BCUT2D eigenvalue weighted by Gasteiger charge is 2.12. The minimum absolute atomic E-state index is 0.166. The van der Waals surface area contributed by atoms with Gasteiger partial charge >= 0.3 is 0 Å². The van der Waals surface area contributed by atoms with Crippen LogP contribution in [0.5, 0.6) is 5.75 Å². The molecule has 0 aliphatic rings. The minimum atomic E-state index is -0.275. The van der Waals surface area contributed by atoms with Gasteiger partial charge in [-0.15, -0.1) is 0 Å². The van der Waals surface area contributed by atoms with Gasteiger partial charge in [0.15, 0.2) is 6.61 Å². The molecule has 0 spiro atoms. The average Bonchev–Trinajstić information content (AvgIpc) is 2.66. The number of nitrogens with one attached hydrogen (secondary N) is 2. The zero-order valence-corrected chi connectivity index (χ0v) is 14.8. The van der Waals surface area contributed by atoms with Gasteiger partial charge in [0.25, 0.3) is 11.8 Å². The van der Waals surface area contributed by atoms with Crippen molar-refractivity contribution in [3.8, 4) is 5.75 Å². The lowest BCUT2D eigenvalue weighted by atomic mass is 9.99.